The van der Waals surface area contributed by atoms with Crippen molar-refractivity contribution in [3.63, 3.8) is 0 Å². The number of aromatic amines is 2. The Kier molecular flexibility index (Phi) is 2.79. The van der Waals surface area contributed by atoms with Crippen molar-refractivity contribution in [1.82, 2.24) is 9.97 Å². The third kappa shape index (κ3) is 2.15. The first-order chi connectivity index (χ1) is 9.38. The zero-order valence-corrected chi connectivity index (χ0v) is 13.2. The Morgan fingerprint density at radius 1 is 0.632 bits per heavy atom. The van der Waals surface area contributed by atoms with E-state index in [0.717, 1.165) is 0 Å². The topological polar surface area (TPSA) is 31.6 Å². The van der Waals surface area contributed by atoms with Crippen molar-refractivity contribution < 1.29 is 29.2 Å². The van der Waals surface area contributed by atoms with Crippen LogP contribution < -0.4 is 5.01 Å². The Bertz CT molecular complexity index is 719. The number of fused-ring (bicyclic) bond motifs is 2. The quantitative estimate of drug-likeness (QED) is 0.569. The Labute approximate surface area is 126 Å². The zero-order chi connectivity index (χ0) is 12.7. The van der Waals surface area contributed by atoms with E-state index in [1.807, 2.05) is 0 Å². The van der Waals surface area contributed by atoms with Gasteiger partial charge in [0.05, 0.1) is 0 Å². The van der Waals surface area contributed by atoms with Crippen molar-refractivity contribution in [2.24, 2.45) is 0 Å². The molecule has 2 aromatic carbocycles. The van der Waals surface area contributed by atoms with Crippen LogP contribution in [0.3, 0.4) is 0 Å². The Morgan fingerprint density at radius 2 is 1.11 bits per heavy atom. The van der Waals surface area contributed by atoms with E-state index in [-0.39, 0.29) is 0 Å². The fourth-order valence-electron chi connectivity index (χ4n) is 2.51. The van der Waals surface area contributed by atoms with Crippen LogP contribution in [-0.2, 0) is 29.2 Å². The molecule has 0 unspecified atom stereocenters. The molecule has 89 valence electrons. The molecular weight excluding hydrogens is 309 g/mol. The molecule has 0 aliphatic carbocycles. The fourth-order valence-corrected chi connectivity index (χ4v) is 5.75. The molecule has 0 atom stereocenters. The van der Waals surface area contributed by atoms with Crippen LogP contribution in [0.25, 0.3) is 21.8 Å². The summed E-state index contributed by atoms with van der Waals surface area (Å²) < 4.78 is 2.87. The summed E-state index contributed by atoms with van der Waals surface area (Å²) in [4.78, 5) is 7.11. The van der Waals surface area contributed by atoms with Crippen molar-refractivity contribution in [2.75, 3.05) is 0 Å². The Morgan fingerprint density at radius 3 is 1.58 bits per heavy atom. The van der Waals surface area contributed by atoms with E-state index in [1.54, 1.807) is 0 Å². The summed E-state index contributed by atoms with van der Waals surface area (Å²) in [5, 5.41) is 2.64. The number of hydrogen-bond acceptors (Lipinski definition) is 0. The summed E-state index contributed by atoms with van der Waals surface area (Å²) >= 11 is -0.968. The van der Waals surface area contributed by atoms with Crippen LogP contribution in [0.2, 0.25) is 0 Å². The summed E-state index contributed by atoms with van der Waals surface area (Å²) in [7, 11) is 0. The molecule has 0 saturated carbocycles. The molecule has 2 N–H and O–H groups in total. The molecule has 0 bridgehead atoms. The molecular formula is C16H12N2Y. The van der Waals surface area contributed by atoms with E-state index in [2.05, 4.69) is 70.6 Å². The second-order valence-electron chi connectivity index (χ2n) is 4.77. The second-order valence-corrected chi connectivity index (χ2v) is 8.54. The average molecular weight is 321 g/mol. The van der Waals surface area contributed by atoms with Crippen LogP contribution in [0, 0.1) is 0 Å². The predicted molar refractivity (Wildman–Crippen MR) is 75.9 cm³/mol. The minimum absolute atomic E-state index is 0.968. The molecule has 4 rings (SSSR count). The van der Waals surface area contributed by atoms with E-state index in [0.29, 0.717) is 0 Å². The molecule has 0 aliphatic rings. The van der Waals surface area contributed by atoms with Gasteiger partial charge >= 0.3 is 127 Å². The van der Waals surface area contributed by atoms with Gasteiger partial charge < -0.3 is 0 Å². The molecule has 0 saturated heterocycles. The Hall–Kier alpha value is -1.38. The van der Waals surface area contributed by atoms with E-state index in [9.17, 15) is 0 Å². The van der Waals surface area contributed by atoms with E-state index in [4.69, 9.17) is 0 Å². The molecule has 0 fully saturated rings. The van der Waals surface area contributed by atoms with E-state index < -0.39 is 29.2 Å². The molecule has 2 aromatic heterocycles. The third-order valence-corrected chi connectivity index (χ3v) is 6.47. The number of nitrogens with one attached hydrogen (secondary N) is 2. The maximum atomic E-state index is 3.55. The standard InChI is InChI=1S/2C8H6N.Y/c2*1-2-4-8-7(3-1)5-6-9-8;/h2*1-5,9H;. The molecule has 0 radical (unpaired) electrons. The molecule has 0 aliphatic heterocycles. The SMILES string of the molecule is c1ccc2[nH][c]([Y][c]3cc4ccccc4[nH]3)cc2c1. The predicted octanol–water partition coefficient (Wildman–Crippen LogP) is 2.68. The average Bonchev–Trinajstić information content (AvgIpc) is 3.00. The van der Waals surface area contributed by atoms with Crippen molar-refractivity contribution in [1.29, 1.82) is 0 Å². The summed E-state index contributed by atoms with van der Waals surface area (Å²) in [6, 6.07) is 21.6. The molecule has 0 spiro atoms. The van der Waals surface area contributed by atoms with E-state index in [1.165, 1.54) is 26.8 Å². The van der Waals surface area contributed by atoms with E-state index >= 15 is 0 Å². The number of hydrogen-bond donors (Lipinski definition) is 2. The van der Waals surface area contributed by atoms with Crippen molar-refractivity contribution in [3.8, 4) is 0 Å². The zero-order valence-electron chi connectivity index (χ0n) is 10.4. The molecule has 2 nitrogen and oxygen atoms in total. The van der Waals surface area contributed by atoms with Gasteiger partial charge in [-0.3, -0.25) is 0 Å². The van der Waals surface area contributed by atoms with Gasteiger partial charge in [-0.05, 0) is 0 Å². The summed E-state index contributed by atoms with van der Waals surface area (Å²) in [5.41, 5.74) is 2.50. The van der Waals surface area contributed by atoms with Gasteiger partial charge in [-0.25, -0.2) is 0 Å². The number of benzene rings is 2. The first-order valence-electron chi connectivity index (χ1n) is 6.39. The summed E-state index contributed by atoms with van der Waals surface area (Å²) in [6.45, 7) is 0. The molecule has 4 aromatic rings. The van der Waals surface area contributed by atoms with Gasteiger partial charge in [-0.15, -0.1) is 0 Å². The molecule has 0 amide bonds. The van der Waals surface area contributed by atoms with Crippen LogP contribution in [0.4, 0.5) is 0 Å². The van der Waals surface area contributed by atoms with Crippen LogP contribution in [0.1, 0.15) is 0 Å². The number of para-hydroxylation sites is 2. The Balaban J connectivity index is 1.73. The van der Waals surface area contributed by atoms with Gasteiger partial charge in [0.25, 0.3) is 0 Å². The first-order valence-corrected chi connectivity index (χ1v) is 9.23. The maximum absolute atomic E-state index is 3.55. The van der Waals surface area contributed by atoms with Gasteiger partial charge in [-0.1, -0.05) is 0 Å². The van der Waals surface area contributed by atoms with Crippen molar-refractivity contribution in [3.05, 3.63) is 60.7 Å². The fraction of sp³-hybridized carbons (Fsp3) is 0. The normalized spacial score (nSPS) is 10.9. The van der Waals surface area contributed by atoms with Crippen molar-refractivity contribution in [2.45, 2.75) is 0 Å². The summed E-state index contributed by atoms with van der Waals surface area (Å²) in [6.07, 6.45) is 0. The van der Waals surface area contributed by atoms with Gasteiger partial charge in [0.1, 0.15) is 0 Å². The summed E-state index contributed by atoms with van der Waals surface area (Å²) in [5.74, 6) is 0. The minimum atomic E-state index is -0.968. The third-order valence-electron chi connectivity index (χ3n) is 3.41. The van der Waals surface area contributed by atoms with Crippen LogP contribution in [0.5, 0.6) is 0 Å². The van der Waals surface area contributed by atoms with Gasteiger partial charge in [0, 0.05) is 0 Å². The first kappa shape index (κ1) is 11.5. The molecule has 3 heteroatoms. The van der Waals surface area contributed by atoms with Gasteiger partial charge in [0.15, 0.2) is 0 Å². The van der Waals surface area contributed by atoms with Gasteiger partial charge in [0.2, 0.25) is 0 Å². The monoisotopic (exact) mass is 321 g/mol. The number of H-pyrrole nitrogens is 2. The second kappa shape index (κ2) is 4.62. The number of aromatic nitrogens is 2. The number of rotatable bonds is 2. The molecule has 2 heterocycles. The van der Waals surface area contributed by atoms with Crippen LogP contribution in [0.15, 0.2) is 60.7 Å². The van der Waals surface area contributed by atoms with Crippen LogP contribution >= 0.6 is 0 Å². The van der Waals surface area contributed by atoms with Crippen LogP contribution in [-0.4, -0.2) is 9.97 Å². The van der Waals surface area contributed by atoms with Gasteiger partial charge in [-0.2, -0.15) is 0 Å². The molecule has 19 heavy (non-hydrogen) atoms. The van der Waals surface area contributed by atoms with Crippen molar-refractivity contribution >= 4 is 26.8 Å².